The number of aryl methyl sites for hydroxylation is 2. The van der Waals surface area contributed by atoms with Crippen LogP contribution in [0, 0.1) is 0 Å². The molecule has 1 amide bonds. The molecule has 0 heterocycles. The molecular formula is C23H27NO2. The van der Waals surface area contributed by atoms with Crippen molar-refractivity contribution in [1.29, 1.82) is 0 Å². The van der Waals surface area contributed by atoms with Gasteiger partial charge >= 0.3 is 0 Å². The van der Waals surface area contributed by atoms with Crippen LogP contribution in [0.5, 0.6) is 0 Å². The lowest BCUT2D eigenvalue weighted by molar-refractivity contribution is -0.121. The molecule has 1 atom stereocenters. The minimum Gasteiger partial charge on any atom is -0.355 e. The minimum absolute atomic E-state index is 0.0473. The predicted molar refractivity (Wildman–Crippen MR) is 105 cm³/mol. The standard InChI is InChI=1S/C23H27NO2/c1-2-17(18-7-4-3-5-8-18)16-24-23(26)14-13-22(25)21-12-11-19-9-6-10-20(19)15-21/h3-5,7-8,11-12,15,17H,2,6,9-10,13-14,16H2,1H3,(H,24,26). The van der Waals surface area contributed by atoms with Gasteiger partial charge in [0.1, 0.15) is 0 Å². The second kappa shape index (κ2) is 8.79. The van der Waals surface area contributed by atoms with Crippen LogP contribution in [0.15, 0.2) is 48.5 Å². The number of hydrogen-bond donors (Lipinski definition) is 1. The second-order valence-electron chi connectivity index (χ2n) is 7.08. The molecule has 136 valence electrons. The number of rotatable bonds is 8. The van der Waals surface area contributed by atoms with Crippen LogP contribution in [0.3, 0.4) is 0 Å². The number of Topliss-reactive ketones (excluding diaryl/α,β-unsaturated/α-hetero) is 1. The summed E-state index contributed by atoms with van der Waals surface area (Å²) in [5.41, 5.74) is 4.65. The van der Waals surface area contributed by atoms with Crippen molar-refractivity contribution in [3.05, 3.63) is 70.8 Å². The van der Waals surface area contributed by atoms with E-state index in [-0.39, 0.29) is 24.5 Å². The Hall–Kier alpha value is -2.42. The van der Waals surface area contributed by atoms with E-state index in [4.69, 9.17) is 0 Å². The van der Waals surface area contributed by atoms with Crippen LogP contribution < -0.4 is 5.32 Å². The van der Waals surface area contributed by atoms with Crippen molar-refractivity contribution in [2.75, 3.05) is 6.54 Å². The molecule has 1 aliphatic rings. The van der Waals surface area contributed by atoms with E-state index in [1.54, 1.807) is 0 Å². The largest absolute Gasteiger partial charge is 0.355 e. The quantitative estimate of drug-likeness (QED) is 0.716. The fourth-order valence-electron chi connectivity index (χ4n) is 3.67. The highest BCUT2D eigenvalue weighted by atomic mass is 16.2. The van der Waals surface area contributed by atoms with Crippen LogP contribution in [-0.2, 0) is 17.6 Å². The van der Waals surface area contributed by atoms with Gasteiger partial charge in [0.05, 0.1) is 0 Å². The smallest absolute Gasteiger partial charge is 0.220 e. The lowest BCUT2D eigenvalue weighted by atomic mass is 9.96. The molecule has 1 N–H and O–H groups in total. The van der Waals surface area contributed by atoms with Gasteiger partial charge in [-0.05, 0) is 48.4 Å². The molecule has 0 fully saturated rings. The van der Waals surface area contributed by atoms with Crippen molar-refractivity contribution in [2.24, 2.45) is 0 Å². The summed E-state index contributed by atoms with van der Waals surface area (Å²) in [6.07, 6.45) is 4.85. The molecule has 3 heteroatoms. The topological polar surface area (TPSA) is 46.2 Å². The first-order valence-electron chi connectivity index (χ1n) is 9.64. The fraction of sp³-hybridized carbons (Fsp3) is 0.391. The van der Waals surface area contributed by atoms with Gasteiger partial charge in [0, 0.05) is 30.9 Å². The normalized spacial score (nSPS) is 13.9. The number of fused-ring (bicyclic) bond motifs is 1. The molecule has 3 nitrogen and oxygen atoms in total. The van der Waals surface area contributed by atoms with E-state index in [2.05, 4.69) is 30.4 Å². The summed E-state index contributed by atoms with van der Waals surface area (Å²) < 4.78 is 0. The van der Waals surface area contributed by atoms with Crippen LogP contribution in [0.1, 0.15) is 65.6 Å². The van der Waals surface area contributed by atoms with Crippen molar-refractivity contribution in [2.45, 2.75) is 51.4 Å². The third-order valence-corrected chi connectivity index (χ3v) is 5.31. The van der Waals surface area contributed by atoms with E-state index in [9.17, 15) is 9.59 Å². The van der Waals surface area contributed by atoms with Gasteiger partial charge in [-0.25, -0.2) is 0 Å². The highest BCUT2D eigenvalue weighted by Gasteiger charge is 2.15. The highest BCUT2D eigenvalue weighted by molar-refractivity contribution is 5.98. The van der Waals surface area contributed by atoms with Gasteiger partial charge in [-0.15, -0.1) is 0 Å². The van der Waals surface area contributed by atoms with Crippen molar-refractivity contribution in [3.63, 3.8) is 0 Å². The molecule has 0 aliphatic heterocycles. The number of carbonyl (C=O) groups excluding carboxylic acids is 2. The minimum atomic E-state index is -0.0473. The molecule has 0 saturated carbocycles. The first kappa shape index (κ1) is 18.4. The molecule has 1 unspecified atom stereocenters. The SMILES string of the molecule is CCC(CNC(=O)CCC(=O)c1ccc2c(c1)CCC2)c1ccccc1. The molecule has 0 saturated heterocycles. The van der Waals surface area contributed by atoms with Gasteiger partial charge in [0.25, 0.3) is 0 Å². The number of hydrogen-bond acceptors (Lipinski definition) is 2. The maximum Gasteiger partial charge on any atom is 0.220 e. The van der Waals surface area contributed by atoms with Gasteiger partial charge in [-0.2, -0.15) is 0 Å². The average Bonchev–Trinajstić information content (AvgIpc) is 3.15. The molecule has 2 aromatic rings. The Bertz CT molecular complexity index is 767. The van der Waals surface area contributed by atoms with Gasteiger partial charge < -0.3 is 5.32 Å². The molecule has 2 aromatic carbocycles. The molecule has 0 aromatic heterocycles. The maximum absolute atomic E-state index is 12.4. The van der Waals surface area contributed by atoms with Crippen LogP contribution in [-0.4, -0.2) is 18.2 Å². The van der Waals surface area contributed by atoms with E-state index >= 15 is 0 Å². The van der Waals surface area contributed by atoms with Crippen molar-refractivity contribution >= 4 is 11.7 Å². The average molecular weight is 349 g/mol. The fourth-order valence-corrected chi connectivity index (χ4v) is 3.67. The number of amides is 1. The lowest BCUT2D eigenvalue weighted by Gasteiger charge is -2.16. The Morgan fingerprint density at radius 3 is 2.54 bits per heavy atom. The molecule has 1 aliphatic carbocycles. The Morgan fingerprint density at radius 1 is 1.00 bits per heavy atom. The van der Waals surface area contributed by atoms with Crippen molar-refractivity contribution in [1.82, 2.24) is 5.32 Å². The van der Waals surface area contributed by atoms with Crippen molar-refractivity contribution < 1.29 is 9.59 Å². The number of benzene rings is 2. The number of nitrogens with one attached hydrogen (secondary N) is 1. The van der Waals surface area contributed by atoms with E-state index in [1.165, 1.54) is 23.1 Å². The third kappa shape index (κ3) is 4.60. The lowest BCUT2D eigenvalue weighted by Crippen LogP contribution is -2.28. The van der Waals surface area contributed by atoms with Crippen LogP contribution >= 0.6 is 0 Å². The van der Waals surface area contributed by atoms with Gasteiger partial charge in [0.2, 0.25) is 5.91 Å². The molecule has 0 radical (unpaired) electrons. The summed E-state index contributed by atoms with van der Waals surface area (Å²) in [6.45, 7) is 2.74. The third-order valence-electron chi connectivity index (χ3n) is 5.31. The van der Waals surface area contributed by atoms with E-state index < -0.39 is 0 Å². The predicted octanol–water partition coefficient (Wildman–Crippen LogP) is 4.45. The monoisotopic (exact) mass is 349 g/mol. The Labute approximate surface area is 155 Å². The molecule has 3 rings (SSSR count). The molecular weight excluding hydrogens is 322 g/mol. The van der Waals surface area contributed by atoms with Crippen LogP contribution in [0.4, 0.5) is 0 Å². The highest BCUT2D eigenvalue weighted by Crippen LogP contribution is 2.23. The summed E-state index contributed by atoms with van der Waals surface area (Å²) in [4.78, 5) is 24.5. The summed E-state index contributed by atoms with van der Waals surface area (Å²) in [7, 11) is 0. The zero-order valence-electron chi connectivity index (χ0n) is 15.5. The number of ketones is 1. The van der Waals surface area contributed by atoms with E-state index in [0.717, 1.165) is 24.8 Å². The van der Waals surface area contributed by atoms with Crippen molar-refractivity contribution in [3.8, 4) is 0 Å². The number of carbonyl (C=O) groups is 2. The summed E-state index contributed by atoms with van der Waals surface area (Å²) >= 11 is 0. The van der Waals surface area contributed by atoms with E-state index in [0.29, 0.717) is 12.5 Å². The van der Waals surface area contributed by atoms with Gasteiger partial charge in [0.15, 0.2) is 5.78 Å². The molecule has 26 heavy (non-hydrogen) atoms. The second-order valence-corrected chi connectivity index (χ2v) is 7.08. The Kier molecular flexibility index (Phi) is 6.21. The van der Waals surface area contributed by atoms with Crippen LogP contribution in [0.2, 0.25) is 0 Å². The van der Waals surface area contributed by atoms with Crippen LogP contribution in [0.25, 0.3) is 0 Å². The Morgan fingerprint density at radius 2 is 1.77 bits per heavy atom. The summed E-state index contributed by atoms with van der Waals surface area (Å²) in [6, 6.07) is 16.2. The molecule has 0 bridgehead atoms. The Balaban J connectivity index is 1.47. The van der Waals surface area contributed by atoms with E-state index in [1.807, 2.05) is 30.3 Å². The zero-order chi connectivity index (χ0) is 18.4. The summed E-state index contributed by atoms with van der Waals surface area (Å²) in [5.74, 6) is 0.325. The first-order valence-corrected chi connectivity index (χ1v) is 9.64. The van der Waals surface area contributed by atoms with Gasteiger partial charge in [-0.3, -0.25) is 9.59 Å². The molecule has 0 spiro atoms. The zero-order valence-corrected chi connectivity index (χ0v) is 15.5. The first-order chi connectivity index (χ1) is 12.7. The maximum atomic E-state index is 12.4. The summed E-state index contributed by atoms with van der Waals surface area (Å²) in [5, 5.41) is 2.99. The van der Waals surface area contributed by atoms with Gasteiger partial charge in [-0.1, -0.05) is 49.4 Å².